The van der Waals surface area contributed by atoms with E-state index in [1.807, 2.05) is 23.1 Å². The van der Waals surface area contributed by atoms with Crippen molar-refractivity contribution in [3.63, 3.8) is 0 Å². The molecule has 150 valence electrons. The van der Waals surface area contributed by atoms with Gasteiger partial charge in [-0.1, -0.05) is 0 Å². The average Bonchev–Trinajstić information content (AvgIpc) is 3.04. The van der Waals surface area contributed by atoms with Gasteiger partial charge in [0.05, 0.1) is 6.10 Å². The molecule has 0 bridgehead atoms. The Morgan fingerprint density at radius 1 is 1.14 bits per heavy atom. The Kier molecular flexibility index (Phi) is 5.40. The van der Waals surface area contributed by atoms with Crippen LogP contribution in [0.25, 0.3) is 10.9 Å². The van der Waals surface area contributed by atoms with Crippen LogP contribution in [0.1, 0.15) is 50.0 Å². The average molecular weight is 383 g/mol. The van der Waals surface area contributed by atoms with Crippen LogP contribution in [0.3, 0.4) is 0 Å². The first kappa shape index (κ1) is 19.0. The van der Waals surface area contributed by atoms with Gasteiger partial charge in [0.1, 0.15) is 0 Å². The van der Waals surface area contributed by atoms with E-state index < -0.39 is 0 Å². The first-order valence-corrected chi connectivity index (χ1v) is 10.3. The van der Waals surface area contributed by atoms with E-state index >= 15 is 0 Å². The molecule has 2 fully saturated rings. The summed E-state index contributed by atoms with van der Waals surface area (Å²) < 4.78 is 2.14. The highest BCUT2D eigenvalue weighted by Gasteiger charge is 2.32. The number of aliphatic hydroxyl groups excluding tert-OH is 1. The number of anilines is 1. The van der Waals surface area contributed by atoms with Crippen molar-refractivity contribution in [2.45, 2.75) is 50.5 Å². The van der Waals surface area contributed by atoms with Gasteiger partial charge in [-0.25, -0.2) is 0 Å². The molecule has 28 heavy (non-hydrogen) atoms. The van der Waals surface area contributed by atoms with Crippen LogP contribution in [-0.2, 0) is 16.6 Å². The number of fused-ring (bicyclic) bond motifs is 1. The highest BCUT2D eigenvalue weighted by Crippen LogP contribution is 2.36. The lowest BCUT2D eigenvalue weighted by molar-refractivity contribution is -0.138. The zero-order chi connectivity index (χ0) is 19.7. The monoisotopic (exact) mass is 383 g/mol. The van der Waals surface area contributed by atoms with Gasteiger partial charge in [-0.2, -0.15) is 0 Å². The molecule has 2 amide bonds. The third-order valence-corrected chi connectivity index (χ3v) is 6.54. The Morgan fingerprint density at radius 2 is 1.86 bits per heavy atom. The number of aromatic nitrogens is 1. The summed E-state index contributed by atoms with van der Waals surface area (Å²) in [6.07, 6.45) is 7.74. The normalized spacial score (nSPS) is 23.7. The number of likely N-dealkylation sites (tertiary alicyclic amines) is 1. The minimum Gasteiger partial charge on any atom is -0.393 e. The second-order valence-electron chi connectivity index (χ2n) is 8.29. The summed E-state index contributed by atoms with van der Waals surface area (Å²) in [4.78, 5) is 25.6. The summed E-state index contributed by atoms with van der Waals surface area (Å²) in [5.41, 5.74) is 3.27. The lowest BCUT2D eigenvalue weighted by Crippen LogP contribution is -2.42. The van der Waals surface area contributed by atoms with Crippen LogP contribution >= 0.6 is 0 Å². The number of carbonyl (C=O) groups is 2. The SMILES string of the molecule is Cn1cc(C2CCN(C(=O)C3CCC(O)CC3)CC2)c2cc(NC=O)ccc21. The molecule has 0 atom stereocenters. The van der Waals surface area contributed by atoms with E-state index in [4.69, 9.17) is 0 Å². The van der Waals surface area contributed by atoms with Crippen LogP contribution in [0.4, 0.5) is 5.69 Å². The molecule has 1 saturated carbocycles. The Morgan fingerprint density at radius 3 is 2.54 bits per heavy atom. The number of carbonyl (C=O) groups excluding carboxylic acids is 2. The Bertz CT molecular complexity index is 859. The van der Waals surface area contributed by atoms with Gasteiger partial charge in [0.25, 0.3) is 0 Å². The molecule has 2 N–H and O–H groups in total. The molecule has 0 spiro atoms. The quantitative estimate of drug-likeness (QED) is 0.797. The molecule has 1 aromatic heterocycles. The number of aryl methyl sites for hydroxylation is 1. The summed E-state index contributed by atoms with van der Waals surface area (Å²) >= 11 is 0. The number of hydrogen-bond donors (Lipinski definition) is 2. The van der Waals surface area contributed by atoms with Gasteiger partial charge in [0.15, 0.2) is 0 Å². The molecule has 6 nitrogen and oxygen atoms in total. The van der Waals surface area contributed by atoms with Crippen molar-refractivity contribution in [3.05, 3.63) is 30.0 Å². The van der Waals surface area contributed by atoms with Gasteiger partial charge in [-0.15, -0.1) is 0 Å². The number of hydrogen-bond acceptors (Lipinski definition) is 3. The first-order chi connectivity index (χ1) is 13.6. The predicted molar refractivity (Wildman–Crippen MR) is 109 cm³/mol. The first-order valence-electron chi connectivity index (χ1n) is 10.3. The summed E-state index contributed by atoms with van der Waals surface area (Å²) in [5.74, 6) is 0.794. The zero-order valence-corrected chi connectivity index (χ0v) is 16.4. The molecule has 2 aromatic rings. The van der Waals surface area contributed by atoms with Crippen LogP contribution in [0.5, 0.6) is 0 Å². The fourth-order valence-electron chi connectivity index (χ4n) is 4.90. The second kappa shape index (κ2) is 7.95. The molecule has 1 aliphatic carbocycles. The number of amides is 2. The Balaban J connectivity index is 1.45. The minimum atomic E-state index is -0.222. The van der Waals surface area contributed by atoms with Gasteiger partial charge >= 0.3 is 0 Å². The lowest BCUT2D eigenvalue weighted by atomic mass is 9.85. The van der Waals surface area contributed by atoms with Crippen molar-refractivity contribution >= 4 is 28.9 Å². The number of nitrogens with one attached hydrogen (secondary N) is 1. The molecule has 0 unspecified atom stereocenters. The van der Waals surface area contributed by atoms with Crippen molar-refractivity contribution in [2.75, 3.05) is 18.4 Å². The summed E-state index contributed by atoms with van der Waals surface area (Å²) in [7, 11) is 2.05. The smallest absolute Gasteiger partial charge is 0.225 e. The summed E-state index contributed by atoms with van der Waals surface area (Å²) in [5, 5.41) is 13.6. The van der Waals surface area contributed by atoms with Gasteiger partial charge in [-0.05, 0) is 68.2 Å². The van der Waals surface area contributed by atoms with E-state index in [0.717, 1.165) is 62.8 Å². The maximum atomic E-state index is 12.8. The number of piperidine rings is 1. The zero-order valence-electron chi connectivity index (χ0n) is 16.4. The summed E-state index contributed by atoms with van der Waals surface area (Å²) in [6, 6.07) is 6.01. The molecule has 6 heteroatoms. The van der Waals surface area contributed by atoms with E-state index in [0.29, 0.717) is 12.3 Å². The van der Waals surface area contributed by atoms with Crippen molar-refractivity contribution in [2.24, 2.45) is 13.0 Å². The summed E-state index contributed by atoms with van der Waals surface area (Å²) in [6.45, 7) is 1.59. The van der Waals surface area contributed by atoms with E-state index in [9.17, 15) is 14.7 Å². The maximum Gasteiger partial charge on any atom is 0.225 e. The fraction of sp³-hybridized carbons (Fsp3) is 0.545. The van der Waals surface area contributed by atoms with Crippen molar-refractivity contribution < 1.29 is 14.7 Å². The largest absolute Gasteiger partial charge is 0.393 e. The van der Waals surface area contributed by atoms with Crippen molar-refractivity contribution in [1.29, 1.82) is 0 Å². The molecular weight excluding hydrogens is 354 g/mol. The number of aliphatic hydroxyl groups is 1. The fourth-order valence-corrected chi connectivity index (χ4v) is 4.90. The third kappa shape index (κ3) is 3.65. The molecule has 4 rings (SSSR count). The van der Waals surface area contributed by atoms with Gasteiger partial charge in [0, 0.05) is 48.8 Å². The second-order valence-corrected chi connectivity index (χ2v) is 8.29. The van der Waals surface area contributed by atoms with Gasteiger partial charge in [-0.3, -0.25) is 9.59 Å². The van der Waals surface area contributed by atoms with Crippen LogP contribution in [0, 0.1) is 5.92 Å². The molecule has 0 radical (unpaired) electrons. The van der Waals surface area contributed by atoms with Crippen LogP contribution in [-0.4, -0.2) is 46.1 Å². The maximum absolute atomic E-state index is 12.8. The van der Waals surface area contributed by atoms with Crippen molar-refractivity contribution in [1.82, 2.24) is 9.47 Å². The van der Waals surface area contributed by atoms with E-state index in [-0.39, 0.29) is 17.9 Å². The van der Waals surface area contributed by atoms with Crippen LogP contribution in [0.15, 0.2) is 24.4 Å². The molecule has 1 saturated heterocycles. The van der Waals surface area contributed by atoms with E-state index in [2.05, 4.69) is 23.1 Å². The number of nitrogens with zero attached hydrogens (tertiary/aromatic N) is 2. The third-order valence-electron chi connectivity index (χ3n) is 6.54. The molecule has 1 aromatic carbocycles. The van der Waals surface area contributed by atoms with Gasteiger partial charge < -0.3 is 19.9 Å². The topological polar surface area (TPSA) is 74.6 Å². The van der Waals surface area contributed by atoms with E-state index in [1.165, 1.54) is 10.9 Å². The Labute approximate surface area is 165 Å². The van der Waals surface area contributed by atoms with Crippen molar-refractivity contribution in [3.8, 4) is 0 Å². The minimum absolute atomic E-state index is 0.0921. The molecular formula is C22H29N3O3. The number of benzene rings is 1. The van der Waals surface area contributed by atoms with Crippen LogP contribution in [0.2, 0.25) is 0 Å². The number of rotatable bonds is 4. The standard InChI is InChI=1S/C22H29N3O3/c1-24-13-20(19-12-17(23-14-26)4-7-21(19)24)15-8-10-25(11-9-15)22(28)16-2-5-18(27)6-3-16/h4,7,12-16,18,27H,2-3,5-6,8-11H2,1H3,(H,23,26). The highest BCUT2D eigenvalue weighted by atomic mass is 16.3. The Hall–Kier alpha value is -2.34. The molecule has 2 heterocycles. The molecule has 1 aliphatic heterocycles. The van der Waals surface area contributed by atoms with E-state index in [1.54, 1.807) is 0 Å². The highest BCUT2D eigenvalue weighted by molar-refractivity contribution is 5.89. The molecule has 2 aliphatic rings. The predicted octanol–water partition coefficient (Wildman–Crippen LogP) is 3.00. The van der Waals surface area contributed by atoms with Crippen LogP contribution < -0.4 is 5.32 Å². The lowest BCUT2D eigenvalue weighted by Gasteiger charge is -2.35. The van der Waals surface area contributed by atoms with Gasteiger partial charge in [0.2, 0.25) is 12.3 Å².